The number of rotatable bonds is 5. The number of nitriles is 1. The summed E-state index contributed by atoms with van der Waals surface area (Å²) in [6.45, 7) is 1.84. The number of aromatic nitrogens is 2. The lowest BCUT2D eigenvalue weighted by atomic mass is 9.83. The normalized spacial score (nSPS) is 34.0. The molecule has 1 unspecified atom stereocenters. The fourth-order valence-corrected chi connectivity index (χ4v) is 3.93. The Kier molecular flexibility index (Phi) is 4.78. The monoisotopic (exact) mass is 362 g/mol. The van der Waals surface area contributed by atoms with Gasteiger partial charge in [0, 0.05) is 19.1 Å². The van der Waals surface area contributed by atoms with Gasteiger partial charge in [-0.2, -0.15) is 10.2 Å². The first-order valence-electron chi connectivity index (χ1n) is 10.8. The molecule has 26 heavy (non-hydrogen) atoms. The first kappa shape index (κ1) is 15.2. The van der Waals surface area contributed by atoms with E-state index in [2.05, 4.69) is 26.7 Å². The van der Waals surface area contributed by atoms with Gasteiger partial charge in [0.25, 0.3) is 0 Å². The minimum atomic E-state index is -2.36. The van der Waals surface area contributed by atoms with Gasteiger partial charge in [0.2, 0.25) is 5.95 Å². The molecule has 2 aliphatic carbocycles. The molecule has 142 valence electrons. The molecule has 3 N–H and O–H groups in total. The number of anilines is 2. The van der Waals surface area contributed by atoms with Crippen LogP contribution in [0.5, 0.6) is 0 Å². The molecule has 0 aromatic carbocycles. The summed E-state index contributed by atoms with van der Waals surface area (Å²) in [6, 6.07) is 2.30. The summed E-state index contributed by atoms with van der Waals surface area (Å²) in [6.07, 6.45) is 7.32. The molecule has 0 radical (unpaired) electrons. The molecular formula is C19H29N5O2. The second-order valence-electron chi connectivity index (χ2n) is 7.74. The van der Waals surface area contributed by atoms with E-state index in [1.807, 2.05) is 6.92 Å². The third kappa shape index (κ3) is 4.83. The summed E-state index contributed by atoms with van der Waals surface area (Å²) in [4.78, 5) is 8.75. The Hall–Kier alpha value is -1.91. The van der Waals surface area contributed by atoms with Gasteiger partial charge in [-0.15, -0.1) is 0 Å². The Morgan fingerprint density at radius 2 is 2.12 bits per heavy atom. The average molecular weight is 362 g/mol. The van der Waals surface area contributed by atoms with Crippen LogP contribution in [0.1, 0.15) is 68.0 Å². The van der Waals surface area contributed by atoms with E-state index >= 15 is 0 Å². The lowest BCUT2D eigenvalue weighted by Gasteiger charge is -2.34. The number of hydrogen-bond acceptors (Lipinski definition) is 7. The summed E-state index contributed by atoms with van der Waals surface area (Å²) in [7, 11) is -2.36. The van der Waals surface area contributed by atoms with E-state index in [9.17, 15) is 10.4 Å². The first-order valence-corrected chi connectivity index (χ1v) is 9.34. The molecule has 0 aliphatic heterocycles. The van der Waals surface area contributed by atoms with Crippen molar-refractivity contribution >= 4 is 11.8 Å². The molecule has 1 aromatic heterocycles. The smallest absolute Gasteiger partial charge is 0.224 e. The third-order valence-corrected chi connectivity index (χ3v) is 5.38. The van der Waals surface area contributed by atoms with Crippen LogP contribution in [0.25, 0.3) is 0 Å². The van der Waals surface area contributed by atoms with E-state index in [1.165, 1.54) is 6.20 Å². The van der Waals surface area contributed by atoms with E-state index in [4.69, 9.17) is 8.85 Å². The third-order valence-electron chi connectivity index (χ3n) is 5.38. The predicted octanol–water partition coefficient (Wildman–Crippen LogP) is 2.82. The van der Waals surface area contributed by atoms with Crippen LogP contribution in [0.3, 0.4) is 0 Å². The molecule has 0 spiro atoms. The quantitative estimate of drug-likeness (QED) is 0.740. The molecule has 2 fully saturated rings. The molecule has 2 atom stereocenters. The Labute approximate surface area is 159 Å². The summed E-state index contributed by atoms with van der Waals surface area (Å²) in [5.41, 5.74) is -0.331. The lowest BCUT2D eigenvalue weighted by molar-refractivity contribution is 0.0182. The van der Waals surface area contributed by atoms with Gasteiger partial charge < -0.3 is 20.5 Å². The topological polar surface area (TPSA) is 103 Å². The zero-order chi connectivity index (χ0) is 21.1. The van der Waals surface area contributed by atoms with Gasteiger partial charge in [0.1, 0.15) is 17.5 Å². The van der Waals surface area contributed by atoms with Gasteiger partial charge in [0.05, 0.1) is 22.0 Å². The molecule has 7 heteroatoms. The van der Waals surface area contributed by atoms with Crippen molar-refractivity contribution in [1.82, 2.24) is 9.97 Å². The van der Waals surface area contributed by atoms with Gasteiger partial charge in [-0.3, -0.25) is 0 Å². The number of aliphatic hydroxyl groups is 1. The summed E-state index contributed by atoms with van der Waals surface area (Å²) >= 11 is 0. The Morgan fingerprint density at radius 3 is 2.81 bits per heavy atom. The van der Waals surface area contributed by atoms with Crippen LogP contribution >= 0.6 is 0 Å². The minimum Gasteiger partial charge on any atom is -0.390 e. The fraction of sp³-hybridized carbons (Fsp3) is 0.737. The van der Waals surface area contributed by atoms with E-state index in [1.54, 1.807) is 0 Å². The Balaban J connectivity index is 1.60. The molecule has 2 saturated carbocycles. The molecule has 2 aliphatic rings. The Bertz CT molecular complexity index is 742. The molecular weight excluding hydrogens is 330 g/mol. The van der Waals surface area contributed by atoms with Crippen molar-refractivity contribution in [3.8, 4) is 6.07 Å². The van der Waals surface area contributed by atoms with Crippen molar-refractivity contribution in [2.24, 2.45) is 0 Å². The van der Waals surface area contributed by atoms with Gasteiger partial charge in [0.15, 0.2) is 0 Å². The molecule has 7 nitrogen and oxygen atoms in total. The van der Waals surface area contributed by atoms with Crippen LogP contribution in [0.15, 0.2) is 6.20 Å². The molecule has 3 rings (SSSR count). The first-order chi connectivity index (χ1) is 13.6. The zero-order valence-electron chi connectivity index (χ0n) is 18.2. The highest BCUT2D eigenvalue weighted by molar-refractivity contribution is 5.54. The summed E-state index contributed by atoms with van der Waals surface area (Å²) in [5, 5.41) is 26.3. The maximum absolute atomic E-state index is 10.3. The van der Waals surface area contributed by atoms with E-state index < -0.39 is 12.6 Å². The number of ether oxygens (including phenoxy) is 1. The molecule has 0 bridgehead atoms. The molecule has 1 aromatic rings. The van der Waals surface area contributed by atoms with E-state index in [0.717, 1.165) is 32.1 Å². The van der Waals surface area contributed by atoms with E-state index in [-0.39, 0.29) is 18.2 Å². The number of nitrogens with one attached hydrogen (secondary N) is 2. The van der Waals surface area contributed by atoms with Gasteiger partial charge in [-0.1, -0.05) is 0 Å². The molecule has 0 saturated heterocycles. The van der Waals surface area contributed by atoms with Crippen LogP contribution in [-0.4, -0.2) is 45.9 Å². The van der Waals surface area contributed by atoms with Crippen molar-refractivity contribution in [3.05, 3.63) is 11.8 Å². The highest BCUT2D eigenvalue weighted by atomic mass is 16.5. The minimum absolute atomic E-state index is 0.0565. The molecule has 0 amide bonds. The van der Waals surface area contributed by atoms with Crippen LogP contribution < -0.4 is 10.6 Å². The van der Waals surface area contributed by atoms with Gasteiger partial charge in [-0.05, 0) is 58.3 Å². The van der Waals surface area contributed by atoms with Crippen LogP contribution in [0.4, 0.5) is 11.8 Å². The van der Waals surface area contributed by atoms with Crippen LogP contribution in [-0.2, 0) is 4.74 Å². The van der Waals surface area contributed by atoms with Gasteiger partial charge >= 0.3 is 0 Å². The van der Waals surface area contributed by atoms with Crippen molar-refractivity contribution in [2.45, 2.75) is 82.1 Å². The van der Waals surface area contributed by atoms with Crippen molar-refractivity contribution in [3.63, 3.8) is 0 Å². The number of hydrogen-bond donors (Lipinski definition) is 3. The largest absolute Gasteiger partial charge is 0.390 e. The number of methoxy groups -OCH3 is 1. The highest BCUT2D eigenvalue weighted by Crippen LogP contribution is 2.30. The predicted molar refractivity (Wildman–Crippen MR) is 99.9 cm³/mol. The maximum atomic E-state index is 10.3. The zero-order valence-corrected chi connectivity index (χ0v) is 15.2. The second-order valence-corrected chi connectivity index (χ2v) is 7.74. The molecule has 1 heterocycles. The fourth-order valence-electron chi connectivity index (χ4n) is 3.93. The lowest BCUT2D eigenvalue weighted by Crippen LogP contribution is -2.38. The Morgan fingerprint density at radius 1 is 1.31 bits per heavy atom. The van der Waals surface area contributed by atoms with Gasteiger partial charge in [-0.25, -0.2) is 4.98 Å². The SMILES string of the molecule is [2H]C([2H])([2H])OC1CCC(Nc2ncc(C#N)c(NC3CCC[C@](C)(O)C3)n2)CC1. The second kappa shape index (κ2) is 8.19. The van der Waals surface area contributed by atoms with Crippen molar-refractivity contribution in [1.29, 1.82) is 5.26 Å². The highest BCUT2D eigenvalue weighted by Gasteiger charge is 2.30. The standard InChI is InChI=1S/C19H29N5O2/c1-19(25)9-3-4-15(10-19)22-17-13(11-20)12-21-18(24-17)23-14-5-7-16(26-2)8-6-14/h12,14-16,25H,3-10H2,1-2H3,(H2,21,22,23,24)/t14?,15?,16?,19-/m0/s1/i2D3. The van der Waals surface area contributed by atoms with Crippen molar-refractivity contribution in [2.75, 3.05) is 17.7 Å². The van der Waals surface area contributed by atoms with Crippen LogP contribution in [0, 0.1) is 11.3 Å². The van der Waals surface area contributed by atoms with Crippen LogP contribution in [0.2, 0.25) is 0 Å². The van der Waals surface area contributed by atoms with E-state index in [0.29, 0.717) is 36.6 Å². The average Bonchev–Trinajstić information content (AvgIpc) is 2.62. The summed E-state index contributed by atoms with van der Waals surface area (Å²) in [5.74, 6) is 0.918. The maximum Gasteiger partial charge on any atom is 0.224 e. The summed E-state index contributed by atoms with van der Waals surface area (Å²) < 4.78 is 26.8. The van der Waals surface area contributed by atoms with Crippen molar-refractivity contribution < 1.29 is 14.0 Å². The number of nitrogens with zero attached hydrogens (tertiary/aromatic N) is 3.